The Labute approximate surface area is 96.6 Å². The van der Waals surface area contributed by atoms with Gasteiger partial charge in [0.25, 0.3) is 0 Å². The summed E-state index contributed by atoms with van der Waals surface area (Å²) in [5.74, 6) is 0. The molecule has 0 bridgehead atoms. The van der Waals surface area contributed by atoms with E-state index in [1.165, 1.54) is 0 Å². The summed E-state index contributed by atoms with van der Waals surface area (Å²) in [6.07, 6.45) is 4.99. The number of rotatable bonds is 2. The van der Waals surface area contributed by atoms with E-state index in [1.807, 2.05) is 0 Å². The largest absolute Gasteiger partial charge is 0.379 e. The summed E-state index contributed by atoms with van der Waals surface area (Å²) >= 11 is 0. The van der Waals surface area contributed by atoms with Gasteiger partial charge in [0.1, 0.15) is 0 Å². The second-order valence-corrected chi connectivity index (χ2v) is 5.19. The second kappa shape index (κ2) is 4.61. The third-order valence-electron chi connectivity index (χ3n) is 3.96. The molecular weight excluding hydrogens is 206 g/mol. The summed E-state index contributed by atoms with van der Waals surface area (Å²) in [6, 6.07) is 0. The average molecular weight is 227 g/mol. The van der Waals surface area contributed by atoms with Crippen LogP contribution in [0.2, 0.25) is 0 Å². The normalized spacial score (nSPS) is 38.2. The Balaban J connectivity index is 1.51. The van der Waals surface area contributed by atoms with E-state index in [4.69, 9.17) is 14.2 Å². The van der Waals surface area contributed by atoms with Gasteiger partial charge in [0.05, 0.1) is 31.0 Å². The molecule has 2 unspecified atom stereocenters. The minimum atomic E-state index is 0.120. The highest BCUT2D eigenvalue weighted by Gasteiger charge is 2.42. The summed E-state index contributed by atoms with van der Waals surface area (Å²) in [5.41, 5.74) is 0.120. The molecule has 3 aliphatic heterocycles. The first-order valence-electron chi connectivity index (χ1n) is 6.44. The van der Waals surface area contributed by atoms with Crippen molar-refractivity contribution in [3.63, 3.8) is 0 Å². The summed E-state index contributed by atoms with van der Waals surface area (Å²) in [7, 11) is 0. The van der Waals surface area contributed by atoms with Gasteiger partial charge in [0.2, 0.25) is 0 Å². The van der Waals surface area contributed by atoms with Crippen molar-refractivity contribution in [3.8, 4) is 0 Å². The van der Waals surface area contributed by atoms with Crippen LogP contribution < -0.4 is 5.32 Å². The van der Waals surface area contributed by atoms with Crippen LogP contribution in [0, 0.1) is 0 Å². The van der Waals surface area contributed by atoms with E-state index in [2.05, 4.69) is 5.32 Å². The SMILES string of the molecule is C1CC2(CCN1)CC(OC1CCOC1)CO2. The Bertz CT molecular complexity index is 234. The quantitative estimate of drug-likeness (QED) is 0.754. The van der Waals surface area contributed by atoms with E-state index in [9.17, 15) is 0 Å². The van der Waals surface area contributed by atoms with Crippen molar-refractivity contribution in [3.05, 3.63) is 0 Å². The maximum Gasteiger partial charge on any atom is 0.0841 e. The van der Waals surface area contributed by atoms with E-state index in [0.29, 0.717) is 12.2 Å². The zero-order chi connectivity index (χ0) is 10.8. The third kappa shape index (κ3) is 2.25. The molecule has 1 spiro atoms. The second-order valence-electron chi connectivity index (χ2n) is 5.19. The van der Waals surface area contributed by atoms with Gasteiger partial charge < -0.3 is 19.5 Å². The first kappa shape index (κ1) is 11.0. The molecule has 16 heavy (non-hydrogen) atoms. The molecule has 1 N–H and O–H groups in total. The van der Waals surface area contributed by atoms with Gasteiger partial charge in [-0.15, -0.1) is 0 Å². The molecule has 0 saturated carbocycles. The lowest BCUT2D eigenvalue weighted by atomic mass is 9.89. The number of hydrogen-bond acceptors (Lipinski definition) is 4. The first-order valence-corrected chi connectivity index (χ1v) is 6.44. The number of hydrogen-bond donors (Lipinski definition) is 1. The van der Waals surface area contributed by atoms with Crippen LogP contribution in [-0.2, 0) is 14.2 Å². The van der Waals surface area contributed by atoms with Crippen LogP contribution in [0.1, 0.15) is 25.7 Å². The molecule has 0 aromatic rings. The molecular formula is C12H21NO3. The first-order chi connectivity index (χ1) is 7.86. The van der Waals surface area contributed by atoms with Crippen LogP contribution in [0.4, 0.5) is 0 Å². The highest BCUT2D eigenvalue weighted by atomic mass is 16.6. The summed E-state index contributed by atoms with van der Waals surface area (Å²) < 4.78 is 17.4. The van der Waals surface area contributed by atoms with Gasteiger partial charge >= 0.3 is 0 Å². The van der Waals surface area contributed by atoms with Gasteiger partial charge in [0, 0.05) is 13.0 Å². The average Bonchev–Trinajstić information content (AvgIpc) is 2.92. The van der Waals surface area contributed by atoms with Crippen LogP contribution in [0.3, 0.4) is 0 Å². The Morgan fingerprint density at radius 2 is 2.00 bits per heavy atom. The topological polar surface area (TPSA) is 39.7 Å². The molecule has 4 heteroatoms. The van der Waals surface area contributed by atoms with Crippen LogP contribution in [-0.4, -0.2) is 50.7 Å². The number of ether oxygens (including phenoxy) is 3. The molecule has 0 aliphatic carbocycles. The molecule has 3 heterocycles. The highest BCUT2D eigenvalue weighted by molar-refractivity contribution is 4.93. The number of piperidine rings is 1. The Morgan fingerprint density at radius 1 is 1.12 bits per heavy atom. The van der Waals surface area contributed by atoms with E-state index < -0.39 is 0 Å². The Hall–Kier alpha value is -0.160. The molecule has 0 amide bonds. The van der Waals surface area contributed by atoms with Gasteiger partial charge in [-0.3, -0.25) is 0 Å². The molecule has 92 valence electrons. The molecule has 0 aromatic heterocycles. The third-order valence-corrected chi connectivity index (χ3v) is 3.96. The van der Waals surface area contributed by atoms with E-state index in [1.54, 1.807) is 0 Å². The van der Waals surface area contributed by atoms with Gasteiger partial charge in [0.15, 0.2) is 0 Å². The van der Waals surface area contributed by atoms with Crippen LogP contribution in [0.5, 0.6) is 0 Å². The molecule has 3 rings (SSSR count). The van der Waals surface area contributed by atoms with Gasteiger partial charge in [-0.05, 0) is 32.4 Å². The van der Waals surface area contributed by atoms with E-state index >= 15 is 0 Å². The lowest BCUT2D eigenvalue weighted by molar-refractivity contribution is -0.0333. The summed E-state index contributed by atoms with van der Waals surface area (Å²) in [5, 5.41) is 3.38. The van der Waals surface area contributed by atoms with Crippen LogP contribution in [0.15, 0.2) is 0 Å². The van der Waals surface area contributed by atoms with Crippen molar-refractivity contribution in [2.45, 2.75) is 43.5 Å². The van der Waals surface area contributed by atoms with Crippen LogP contribution in [0.25, 0.3) is 0 Å². The minimum absolute atomic E-state index is 0.120. The molecule has 3 aliphatic rings. The highest BCUT2D eigenvalue weighted by Crippen LogP contribution is 2.35. The van der Waals surface area contributed by atoms with Crippen molar-refractivity contribution in [1.29, 1.82) is 0 Å². The van der Waals surface area contributed by atoms with Gasteiger partial charge in [-0.2, -0.15) is 0 Å². The fourth-order valence-electron chi connectivity index (χ4n) is 3.01. The molecule has 4 nitrogen and oxygen atoms in total. The molecule has 0 aromatic carbocycles. The molecule has 3 fully saturated rings. The molecule has 3 saturated heterocycles. The summed E-state index contributed by atoms with van der Waals surface area (Å²) in [4.78, 5) is 0. The Morgan fingerprint density at radius 3 is 2.75 bits per heavy atom. The lowest BCUT2D eigenvalue weighted by Gasteiger charge is -2.32. The van der Waals surface area contributed by atoms with Crippen molar-refractivity contribution >= 4 is 0 Å². The predicted octanol–water partition coefficient (Wildman–Crippen LogP) is 0.703. The standard InChI is InChI=1S/C12H21NO3/c1-6-14-8-10(1)16-11-7-12(15-9-11)2-4-13-5-3-12/h10-11,13H,1-9H2. The smallest absolute Gasteiger partial charge is 0.0841 e. The monoisotopic (exact) mass is 227 g/mol. The van der Waals surface area contributed by atoms with Crippen LogP contribution >= 0.6 is 0 Å². The van der Waals surface area contributed by atoms with Crippen molar-refractivity contribution in [1.82, 2.24) is 5.32 Å². The van der Waals surface area contributed by atoms with Gasteiger partial charge in [-0.1, -0.05) is 0 Å². The van der Waals surface area contributed by atoms with E-state index in [0.717, 1.165) is 58.6 Å². The zero-order valence-corrected chi connectivity index (χ0v) is 9.74. The number of nitrogens with one attached hydrogen (secondary N) is 1. The summed E-state index contributed by atoms with van der Waals surface area (Å²) in [6.45, 7) is 4.56. The fourth-order valence-corrected chi connectivity index (χ4v) is 3.01. The minimum Gasteiger partial charge on any atom is -0.379 e. The van der Waals surface area contributed by atoms with Crippen molar-refractivity contribution in [2.24, 2.45) is 0 Å². The lowest BCUT2D eigenvalue weighted by Crippen LogP contribution is -2.41. The Kier molecular flexibility index (Phi) is 3.16. The maximum absolute atomic E-state index is 6.03. The molecule has 0 radical (unpaired) electrons. The van der Waals surface area contributed by atoms with Crippen molar-refractivity contribution < 1.29 is 14.2 Å². The fraction of sp³-hybridized carbons (Fsp3) is 1.00. The van der Waals surface area contributed by atoms with E-state index in [-0.39, 0.29) is 5.60 Å². The maximum atomic E-state index is 6.03. The van der Waals surface area contributed by atoms with Crippen molar-refractivity contribution in [2.75, 3.05) is 32.9 Å². The van der Waals surface area contributed by atoms with Gasteiger partial charge in [-0.25, -0.2) is 0 Å². The molecule has 2 atom stereocenters. The zero-order valence-electron chi connectivity index (χ0n) is 9.74. The predicted molar refractivity (Wildman–Crippen MR) is 59.5 cm³/mol.